The van der Waals surface area contributed by atoms with Crippen LogP contribution in [0, 0.1) is 0 Å². The van der Waals surface area contributed by atoms with Crippen molar-refractivity contribution in [2.24, 2.45) is 5.11 Å². The normalized spacial score (nSPS) is 25.6. The first-order chi connectivity index (χ1) is 6.23. The number of hydrogen-bond donors (Lipinski definition) is 0. The van der Waals surface area contributed by atoms with E-state index in [1.807, 2.05) is 6.92 Å². The van der Waals surface area contributed by atoms with E-state index in [0.29, 0.717) is 13.2 Å². The molecule has 1 aliphatic heterocycles. The maximum atomic E-state index is 8.36. The topological polar surface area (TPSA) is 75.8 Å². The Morgan fingerprint density at radius 2 is 2.69 bits per heavy atom. The van der Waals surface area contributed by atoms with Crippen LogP contribution in [0.3, 0.4) is 0 Å². The fourth-order valence-electron chi connectivity index (χ4n) is 1.33. The van der Waals surface area contributed by atoms with Gasteiger partial charge in [-0.2, -0.15) is 5.10 Å². The Kier molecular flexibility index (Phi) is 1.63. The van der Waals surface area contributed by atoms with E-state index >= 15 is 0 Å². The van der Waals surface area contributed by atoms with Crippen molar-refractivity contribution in [2.75, 3.05) is 6.61 Å². The zero-order valence-electron chi connectivity index (χ0n) is 7.21. The van der Waals surface area contributed by atoms with E-state index in [0.717, 1.165) is 5.88 Å². The van der Waals surface area contributed by atoms with Gasteiger partial charge in [0.15, 0.2) is 0 Å². The minimum atomic E-state index is -0.520. The molecule has 1 aliphatic rings. The summed E-state index contributed by atoms with van der Waals surface area (Å²) in [5, 5.41) is 7.73. The summed E-state index contributed by atoms with van der Waals surface area (Å²) in [6, 6.07) is 1.79. The lowest BCUT2D eigenvalue weighted by molar-refractivity contribution is 0.148. The molecule has 68 valence electrons. The Hall–Kier alpha value is -1.68. The molecule has 0 bridgehead atoms. The highest BCUT2D eigenvalue weighted by Gasteiger charge is 2.30. The van der Waals surface area contributed by atoms with E-state index in [2.05, 4.69) is 15.1 Å². The summed E-state index contributed by atoms with van der Waals surface area (Å²) >= 11 is 0. The summed E-state index contributed by atoms with van der Waals surface area (Å²) in [6.45, 7) is 2.82. The van der Waals surface area contributed by atoms with Crippen LogP contribution in [0.2, 0.25) is 0 Å². The fourth-order valence-corrected chi connectivity index (χ4v) is 1.33. The molecule has 0 fully saturated rings. The Balaban J connectivity index is 2.30. The maximum Gasteiger partial charge on any atom is 0.211 e. The second-order valence-electron chi connectivity index (χ2n) is 3.30. The molecule has 0 spiro atoms. The molecule has 0 aliphatic carbocycles. The average Bonchev–Trinajstić information content (AvgIpc) is 2.50. The monoisotopic (exact) mass is 179 g/mol. The molecule has 0 N–H and O–H groups in total. The second kappa shape index (κ2) is 2.67. The Morgan fingerprint density at radius 3 is 3.46 bits per heavy atom. The molecule has 6 heteroatoms. The number of azide groups is 1. The lowest BCUT2D eigenvalue weighted by atomic mass is 10.1. The summed E-state index contributed by atoms with van der Waals surface area (Å²) in [4.78, 5) is 2.79. The molecule has 0 amide bonds. The van der Waals surface area contributed by atoms with Crippen molar-refractivity contribution in [2.45, 2.75) is 19.0 Å². The van der Waals surface area contributed by atoms with Gasteiger partial charge < -0.3 is 4.74 Å². The van der Waals surface area contributed by atoms with Crippen molar-refractivity contribution in [3.8, 4) is 5.88 Å². The van der Waals surface area contributed by atoms with E-state index in [1.165, 1.54) is 0 Å². The van der Waals surface area contributed by atoms with Crippen LogP contribution in [0.1, 0.15) is 6.92 Å². The van der Waals surface area contributed by atoms with Gasteiger partial charge in [0.05, 0.1) is 18.3 Å². The summed E-state index contributed by atoms with van der Waals surface area (Å²) in [5.41, 5.74) is 7.84. The van der Waals surface area contributed by atoms with Gasteiger partial charge in [0.1, 0.15) is 6.61 Å². The van der Waals surface area contributed by atoms with Crippen molar-refractivity contribution < 1.29 is 4.74 Å². The molecule has 13 heavy (non-hydrogen) atoms. The molecule has 2 rings (SSSR count). The largest absolute Gasteiger partial charge is 0.477 e. The van der Waals surface area contributed by atoms with Crippen molar-refractivity contribution in [1.82, 2.24) is 9.78 Å². The zero-order chi connectivity index (χ0) is 9.31. The summed E-state index contributed by atoms with van der Waals surface area (Å²) in [6.07, 6.45) is 1.66. The van der Waals surface area contributed by atoms with Gasteiger partial charge in [-0.3, -0.25) is 0 Å². The van der Waals surface area contributed by atoms with E-state index in [1.54, 1.807) is 16.9 Å². The quantitative estimate of drug-likeness (QED) is 0.370. The smallest absolute Gasteiger partial charge is 0.211 e. The molecule has 1 atom stereocenters. The predicted octanol–water partition coefficient (Wildman–Crippen LogP) is 1.34. The standard InChI is InChI=1S/C7H9N5O/c1-7(10-11-8)4-12-6(13-5-7)2-3-9-12/h2-3H,4-5H2,1H3. The van der Waals surface area contributed by atoms with Crippen LogP contribution >= 0.6 is 0 Å². The van der Waals surface area contributed by atoms with Crippen LogP contribution in [-0.2, 0) is 6.54 Å². The molecule has 0 saturated heterocycles. The molecule has 2 heterocycles. The Labute approximate surface area is 74.7 Å². The third-order valence-electron chi connectivity index (χ3n) is 1.99. The molecule has 1 aromatic heterocycles. The minimum absolute atomic E-state index is 0.406. The third kappa shape index (κ3) is 1.31. The van der Waals surface area contributed by atoms with Crippen molar-refractivity contribution in [3.05, 3.63) is 22.7 Å². The number of hydrogen-bond acceptors (Lipinski definition) is 3. The third-order valence-corrected chi connectivity index (χ3v) is 1.99. The summed E-state index contributed by atoms with van der Waals surface area (Å²) in [5.74, 6) is 0.727. The highest BCUT2D eigenvalue weighted by Crippen LogP contribution is 2.24. The van der Waals surface area contributed by atoms with Crippen LogP contribution in [-0.4, -0.2) is 21.9 Å². The number of rotatable bonds is 1. The van der Waals surface area contributed by atoms with Crippen LogP contribution < -0.4 is 4.74 Å². The van der Waals surface area contributed by atoms with Gasteiger partial charge in [0.2, 0.25) is 5.88 Å². The summed E-state index contributed by atoms with van der Waals surface area (Å²) < 4.78 is 7.06. The van der Waals surface area contributed by atoms with Gasteiger partial charge in [0.25, 0.3) is 0 Å². The highest BCUT2D eigenvalue weighted by molar-refractivity contribution is 5.12. The molecule has 0 aromatic carbocycles. The van der Waals surface area contributed by atoms with Crippen LogP contribution in [0.25, 0.3) is 10.4 Å². The number of aromatic nitrogens is 2. The SMILES string of the molecule is CC1(N=[N+]=[N-])COc2ccnn2C1. The minimum Gasteiger partial charge on any atom is -0.477 e. The van der Waals surface area contributed by atoms with E-state index in [9.17, 15) is 0 Å². The summed E-state index contributed by atoms with van der Waals surface area (Å²) in [7, 11) is 0. The lowest BCUT2D eigenvalue weighted by Gasteiger charge is -2.29. The van der Waals surface area contributed by atoms with Gasteiger partial charge in [-0.05, 0) is 12.5 Å². The first kappa shape index (κ1) is 7.94. The first-order valence-electron chi connectivity index (χ1n) is 3.94. The molecule has 6 nitrogen and oxygen atoms in total. The highest BCUT2D eigenvalue weighted by atomic mass is 16.5. The maximum absolute atomic E-state index is 8.36. The second-order valence-corrected chi connectivity index (χ2v) is 3.30. The lowest BCUT2D eigenvalue weighted by Crippen LogP contribution is -2.39. The molecular formula is C7H9N5O. The molecule has 1 aromatic rings. The average molecular weight is 179 g/mol. The van der Waals surface area contributed by atoms with Gasteiger partial charge in [0, 0.05) is 11.0 Å². The number of nitrogens with zero attached hydrogens (tertiary/aromatic N) is 5. The molecule has 1 unspecified atom stereocenters. The van der Waals surface area contributed by atoms with Gasteiger partial charge in [-0.25, -0.2) is 4.68 Å². The van der Waals surface area contributed by atoms with Gasteiger partial charge >= 0.3 is 0 Å². The Bertz CT molecular complexity index is 367. The predicted molar refractivity (Wildman–Crippen MR) is 45.3 cm³/mol. The molecule has 0 radical (unpaired) electrons. The van der Waals surface area contributed by atoms with E-state index < -0.39 is 5.54 Å². The molecular weight excluding hydrogens is 170 g/mol. The van der Waals surface area contributed by atoms with E-state index in [4.69, 9.17) is 10.3 Å². The Morgan fingerprint density at radius 1 is 1.85 bits per heavy atom. The van der Waals surface area contributed by atoms with Crippen molar-refractivity contribution >= 4 is 0 Å². The van der Waals surface area contributed by atoms with Crippen LogP contribution in [0.4, 0.5) is 0 Å². The molecule has 0 saturated carbocycles. The van der Waals surface area contributed by atoms with Crippen LogP contribution in [0.15, 0.2) is 17.4 Å². The number of fused-ring (bicyclic) bond motifs is 1. The number of ether oxygens (including phenoxy) is 1. The van der Waals surface area contributed by atoms with Gasteiger partial charge in [-0.15, -0.1) is 0 Å². The fraction of sp³-hybridized carbons (Fsp3) is 0.571. The van der Waals surface area contributed by atoms with Crippen molar-refractivity contribution in [3.63, 3.8) is 0 Å². The van der Waals surface area contributed by atoms with Crippen molar-refractivity contribution in [1.29, 1.82) is 0 Å². The van der Waals surface area contributed by atoms with Crippen LogP contribution in [0.5, 0.6) is 5.88 Å². The van der Waals surface area contributed by atoms with E-state index in [-0.39, 0.29) is 0 Å². The zero-order valence-corrected chi connectivity index (χ0v) is 7.21. The first-order valence-corrected chi connectivity index (χ1v) is 3.94. The van der Waals surface area contributed by atoms with Gasteiger partial charge in [-0.1, -0.05) is 5.11 Å².